The van der Waals surface area contributed by atoms with Gasteiger partial charge in [-0.1, -0.05) is 11.6 Å². The number of carbonyl (C=O) groups excluding carboxylic acids is 2. The number of nitrogens with one attached hydrogen (secondary N) is 2. The van der Waals surface area contributed by atoms with E-state index in [0.717, 1.165) is 12.1 Å². The number of amides is 2. The van der Waals surface area contributed by atoms with E-state index >= 15 is 0 Å². The number of rotatable bonds is 4. The van der Waals surface area contributed by atoms with E-state index in [0.29, 0.717) is 12.1 Å². The topological polar surface area (TPSA) is 96.2 Å². The van der Waals surface area contributed by atoms with Gasteiger partial charge in [-0.25, -0.2) is 13.8 Å². The number of aromatic nitrogens is 2. The van der Waals surface area contributed by atoms with Crippen molar-refractivity contribution in [1.82, 2.24) is 14.9 Å². The molecule has 2 amide bonds. The molecular weight excluding hydrogens is 487 g/mol. The number of carbonyl (C=O) groups is 2. The van der Waals surface area contributed by atoms with Crippen molar-refractivity contribution in [2.45, 2.75) is 25.4 Å². The summed E-state index contributed by atoms with van der Waals surface area (Å²) in [5, 5.41) is 14.6. The number of fused-ring (bicyclic) bond motifs is 1. The van der Waals surface area contributed by atoms with E-state index in [1.165, 1.54) is 10.6 Å². The molecule has 2 aromatic carbocycles. The van der Waals surface area contributed by atoms with Gasteiger partial charge in [-0.2, -0.15) is 13.2 Å². The normalized spacial score (nSPS) is 15.6. The summed E-state index contributed by atoms with van der Waals surface area (Å²) in [6.07, 6.45) is -4.89. The van der Waals surface area contributed by atoms with Crippen LogP contribution >= 0.6 is 11.6 Å². The van der Waals surface area contributed by atoms with Crippen molar-refractivity contribution in [2.24, 2.45) is 0 Å². The van der Waals surface area contributed by atoms with Crippen LogP contribution in [0.4, 0.5) is 27.8 Å². The molecule has 1 atom stereocenters. The standard InChI is InChI=1S/C21H14ClF5N4O3/c22-14-2-1-11(23)6-13(14)17-18-19(28-15(8-32)31(18)7-16(33)29-17)30-20(34)9-3-10(21(25,26)27)5-12(24)4-9/h1-6,17,32H,7-8H2,(H,29,33)(H,30,34)/t17-/m0/s1. The first-order valence-corrected chi connectivity index (χ1v) is 9.99. The van der Waals surface area contributed by atoms with Crippen molar-refractivity contribution >= 4 is 29.2 Å². The van der Waals surface area contributed by atoms with E-state index in [1.54, 1.807) is 0 Å². The number of halogens is 6. The Balaban J connectivity index is 1.79. The van der Waals surface area contributed by atoms with Gasteiger partial charge >= 0.3 is 6.18 Å². The average molecular weight is 501 g/mol. The van der Waals surface area contributed by atoms with Crippen LogP contribution in [0.1, 0.15) is 39.0 Å². The fourth-order valence-corrected chi connectivity index (χ4v) is 3.87. The highest BCUT2D eigenvalue weighted by molar-refractivity contribution is 6.31. The fourth-order valence-electron chi connectivity index (χ4n) is 3.64. The maximum Gasteiger partial charge on any atom is 0.416 e. The van der Waals surface area contributed by atoms with Gasteiger partial charge in [0.2, 0.25) is 5.91 Å². The molecule has 0 saturated carbocycles. The van der Waals surface area contributed by atoms with E-state index in [-0.39, 0.29) is 40.5 Å². The molecule has 0 radical (unpaired) electrons. The molecule has 0 bridgehead atoms. The zero-order valence-corrected chi connectivity index (χ0v) is 17.6. The Hall–Kier alpha value is -3.51. The van der Waals surface area contributed by atoms with Crippen LogP contribution in [0, 0.1) is 11.6 Å². The maximum atomic E-state index is 13.9. The van der Waals surface area contributed by atoms with Gasteiger partial charge in [0.25, 0.3) is 5.91 Å². The number of alkyl halides is 3. The third kappa shape index (κ3) is 4.46. The van der Waals surface area contributed by atoms with Gasteiger partial charge in [0.15, 0.2) is 5.82 Å². The maximum absolute atomic E-state index is 13.9. The molecule has 0 unspecified atom stereocenters. The highest BCUT2D eigenvalue weighted by atomic mass is 35.5. The number of anilines is 1. The minimum Gasteiger partial charge on any atom is -0.388 e. The van der Waals surface area contributed by atoms with Crippen LogP contribution < -0.4 is 10.6 Å². The van der Waals surface area contributed by atoms with E-state index in [1.807, 2.05) is 0 Å². The predicted molar refractivity (Wildman–Crippen MR) is 109 cm³/mol. The van der Waals surface area contributed by atoms with Gasteiger partial charge in [-0.05, 0) is 36.4 Å². The molecule has 7 nitrogen and oxygen atoms in total. The van der Waals surface area contributed by atoms with Crippen molar-refractivity contribution in [3.63, 3.8) is 0 Å². The molecular formula is C21H14ClF5N4O3. The summed E-state index contributed by atoms with van der Waals surface area (Å²) in [7, 11) is 0. The minimum absolute atomic E-state index is 0.0482. The molecule has 1 aliphatic rings. The molecule has 178 valence electrons. The summed E-state index contributed by atoms with van der Waals surface area (Å²) in [5.74, 6) is -3.89. The Morgan fingerprint density at radius 2 is 1.94 bits per heavy atom. The Labute approximate surface area is 193 Å². The second kappa shape index (κ2) is 8.69. The lowest BCUT2D eigenvalue weighted by molar-refractivity contribution is -0.137. The van der Waals surface area contributed by atoms with Crippen molar-refractivity contribution in [3.05, 3.63) is 81.3 Å². The molecule has 3 aromatic rings. The molecule has 2 heterocycles. The third-order valence-electron chi connectivity index (χ3n) is 5.10. The summed E-state index contributed by atoms with van der Waals surface area (Å²) in [6, 6.07) is 3.62. The number of aliphatic hydroxyl groups is 1. The smallest absolute Gasteiger partial charge is 0.388 e. The number of aliphatic hydroxyl groups excluding tert-OH is 1. The van der Waals surface area contributed by atoms with Gasteiger partial charge < -0.3 is 20.3 Å². The summed E-state index contributed by atoms with van der Waals surface area (Å²) >= 11 is 6.18. The van der Waals surface area contributed by atoms with Gasteiger partial charge in [0.1, 0.15) is 30.6 Å². The molecule has 0 saturated heterocycles. The van der Waals surface area contributed by atoms with Crippen LogP contribution in [0.25, 0.3) is 0 Å². The average Bonchev–Trinajstić information content (AvgIpc) is 3.11. The molecule has 0 spiro atoms. The first-order valence-electron chi connectivity index (χ1n) is 9.61. The van der Waals surface area contributed by atoms with Gasteiger partial charge in [-0.15, -0.1) is 0 Å². The molecule has 13 heteroatoms. The molecule has 1 aromatic heterocycles. The highest BCUT2D eigenvalue weighted by Gasteiger charge is 2.35. The number of nitrogens with zero attached hydrogens (tertiary/aromatic N) is 2. The highest BCUT2D eigenvalue weighted by Crippen LogP contribution is 2.36. The molecule has 3 N–H and O–H groups in total. The first-order chi connectivity index (χ1) is 16.0. The zero-order valence-electron chi connectivity index (χ0n) is 16.9. The minimum atomic E-state index is -4.89. The summed E-state index contributed by atoms with van der Waals surface area (Å²) in [6.45, 7) is -0.965. The Bertz CT molecular complexity index is 1310. The second-order valence-corrected chi connectivity index (χ2v) is 7.76. The third-order valence-corrected chi connectivity index (χ3v) is 5.44. The van der Waals surface area contributed by atoms with E-state index in [2.05, 4.69) is 15.6 Å². The SMILES string of the molecule is O=C1Cn2c(CO)nc(NC(=O)c3cc(F)cc(C(F)(F)F)c3)c2[C@H](c2cc(F)ccc2Cl)N1. The van der Waals surface area contributed by atoms with Crippen molar-refractivity contribution in [1.29, 1.82) is 0 Å². The lowest BCUT2D eigenvalue weighted by Gasteiger charge is -2.28. The van der Waals surface area contributed by atoms with E-state index in [9.17, 15) is 36.6 Å². The molecule has 34 heavy (non-hydrogen) atoms. The van der Waals surface area contributed by atoms with Crippen LogP contribution in [0.3, 0.4) is 0 Å². The molecule has 0 aliphatic carbocycles. The Morgan fingerprint density at radius 3 is 2.62 bits per heavy atom. The van der Waals surface area contributed by atoms with Crippen LogP contribution in [0.5, 0.6) is 0 Å². The van der Waals surface area contributed by atoms with E-state index in [4.69, 9.17) is 11.6 Å². The number of imidazole rings is 1. The predicted octanol–water partition coefficient (Wildman–Crippen LogP) is 3.80. The quantitative estimate of drug-likeness (QED) is 0.475. The van der Waals surface area contributed by atoms with Gasteiger partial charge in [-0.3, -0.25) is 9.59 Å². The van der Waals surface area contributed by atoms with Gasteiger partial charge in [0, 0.05) is 16.1 Å². The van der Waals surface area contributed by atoms with E-state index < -0.39 is 53.4 Å². The first kappa shape index (κ1) is 23.6. The summed E-state index contributed by atoms with van der Waals surface area (Å²) < 4.78 is 68.1. The number of hydrogen-bond donors (Lipinski definition) is 3. The molecule has 0 fully saturated rings. The monoisotopic (exact) mass is 500 g/mol. The fraction of sp³-hybridized carbons (Fsp3) is 0.190. The lowest BCUT2D eigenvalue weighted by atomic mass is 10.0. The number of benzene rings is 2. The molecule has 4 rings (SSSR count). The zero-order chi connectivity index (χ0) is 24.8. The second-order valence-electron chi connectivity index (χ2n) is 7.35. The van der Waals surface area contributed by atoms with Crippen LogP contribution in [0.15, 0.2) is 36.4 Å². The number of hydrogen-bond acceptors (Lipinski definition) is 4. The largest absolute Gasteiger partial charge is 0.416 e. The lowest BCUT2D eigenvalue weighted by Crippen LogP contribution is -2.40. The van der Waals surface area contributed by atoms with Crippen LogP contribution in [0.2, 0.25) is 5.02 Å². The summed E-state index contributed by atoms with van der Waals surface area (Å²) in [4.78, 5) is 29.1. The Morgan fingerprint density at radius 1 is 1.21 bits per heavy atom. The van der Waals surface area contributed by atoms with Crippen molar-refractivity contribution in [2.75, 3.05) is 5.32 Å². The van der Waals surface area contributed by atoms with Crippen LogP contribution in [-0.2, 0) is 24.1 Å². The van der Waals surface area contributed by atoms with Crippen LogP contribution in [-0.4, -0.2) is 26.5 Å². The van der Waals surface area contributed by atoms with Gasteiger partial charge in [0.05, 0.1) is 17.3 Å². The van der Waals surface area contributed by atoms with Crippen molar-refractivity contribution < 1.29 is 36.6 Å². The van der Waals surface area contributed by atoms with Crippen molar-refractivity contribution in [3.8, 4) is 0 Å². The Kier molecular flexibility index (Phi) is 6.04. The summed E-state index contributed by atoms with van der Waals surface area (Å²) in [5.41, 5.74) is -1.80. The molecule has 1 aliphatic heterocycles.